The Bertz CT molecular complexity index is 570. The summed E-state index contributed by atoms with van der Waals surface area (Å²) in [6.45, 7) is -3.67. The van der Waals surface area contributed by atoms with Crippen molar-refractivity contribution in [3.63, 3.8) is 0 Å². The van der Waals surface area contributed by atoms with E-state index in [2.05, 4.69) is 4.74 Å². The standard InChI is InChI=1S/C10H10O5S.CHF3/c1-14-10(11)6-8-7-4-2-3-5-9(7)16(12,13)15-8;2-1(3)4/h2-5,8H,6H2,1H3;1H. The third kappa shape index (κ3) is 4.20. The van der Waals surface area contributed by atoms with Gasteiger partial charge in [-0.15, -0.1) is 0 Å². The van der Waals surface area contributed by atoms with Gasteiger partial charge in [-0.2, -0.15) is 21.6 Å². The van der Waals surface area contributed by atoms with Gasteiger partial charge < -0.3 is 4.74 Å². The number of hydrogen-bond acceptors (Lipinski definition) is 5. The molecule has 0 aromatic heterocycles. The molecule has 0 bridgehead atoms. The van der Waals surface area contributed by atoms with Crippen LogP contribution in [-0.2, 0) is 23.8 Å². The van der Waals surface area contributed by atoms with Gasteiger partial charge in [0.25, 0.3) is 10.1 Å². The molecule has 1 aromatic rings. The van der Waals surface area contributed by atoms with E-state index in [0.717, 1.165) is 0 Å². The Kier molecular flexibility index (Phi) is 5.52. The number of methoxy groups -OCH3 is 1. The predicted molar refractivity (Wildman–Crippen MR) is 61.2 cm³/mol. The zero-order chi connectivity index (χ0) is 15.3. The van der Waals surface area contributed by atoms with Crippen LogP contribution in [0.4, 0.5) is 13.2 Å². The largest absolute Gasteiger partial charge is 0.469 e. The van der Waals surface area contributed by atoms with Crippen LogP contribution in [0, 0.1) is 0 Å². The maximum Gasteiger partial charge on any atom is 0.379 e. The van der Waals surface area contributed by atoms with Gasteiger partial charge in [0.15, 0.2) is 0 Å². The number of alkyl halides is 3. The summed E-state index contributed by atoms with van der Waals surface area (Å²) in [5, 5.41) is 0. The highest BCUT2D eigenvalue weighted by molar-refractivity contribution is 7.87. The van der Waals surface area contributed by atoms with E-state index in [4.69, 9.17) is 4.18 Å². The molecule has 0 radical (unpaired) electrons. The lowest BCUT2D eigenvalue weighted by Crippen LogP contribution is -2.08. The first kappa shape index (κ1) is 16.4. The zero-order valence-electron chi connectivity index (χ0n) is 10.3. The van der Waals surface area contributed by atoms with Crippen LogP contribution in [0.5, 0.6) is 0 Å². The molecule has 1 aromatic carbocycles. The van der Waals surface area contributed by atoms with E-state index in [1.165, 1.54) is 13.2 Å². The molecular weight excluding hydrogens is 301 g/mol. The molecule has 2 rings (SSSR count). The summed E-state index contributed by atoms with van der Waals surface area (Å²) in [6.07, 6.45) is -0.874. The quantitative estimate of drug-likeness (QED) is 0.618. The minimum absolute atomic E-state index is 0.104. The van der Waals surface area contributed by atoms with Crippen LogP contribution in [0.1, 0.15) is 18.1 Å². The van der Waals surface area contributed by atoms with Crippen molar-refractivity contribution < 1.29 is 35.3 Å². The first-order valence-electron chi connectivity index (χ1n) is 5.29. The highest BCUT2D eigenvalue weighted by Gasteiger charge is 2.36. The molecule has 0 spiro atoms. The van der Waals surface area contributed by atoms with Crippen molar-refractivity contribution >= 4 is 16.1 Å². The molecule has 0 saturated carbocycles. The average Bonchev–Trinajstić information content (AvgIpc) is 2.61. The number of carbonyl (C=O) groups excluding carboxylic acids is 1. The lowest BCUT2D eigenvalue weighted by atomic mass is 10.1. The Labute approximate surface area is 113 Å². The summed E-state index contributed by atoms with van der Waals surface area (Å²) in [5.74, 6) is -0.503. The maximum absolute atomic E-state index is 11.6. The molecule has 0 N–H and O–H groups in total. The van der Waals surface area contributed by atoms with E-state index in [1.54, 1.807) is 18.2 Å². The van der Waals surface area contributed by atoms with Gasteiger partial charge >= 0.3 is 12.6 Å². The van der Waals surface area contributed by atoms with Crippen molar-refractivity contribution in [2.75, 3.05) is 7.11 Å². The lowest BCUT2D eigenvalue weighted by Gasteiger charge is -2.06. The fourth-order valence-electron chi connectivity index (χ4n) is 1.61. The molecule has 1 atom stereocenters. The van der Waals surface area contributed by atoms with Gasteiger partial charge in [0, 0.05) is 5.56 Å². The van der Waals surface area contributed by atoms with Crippen molar-refractivity contribution in [1.29, 1.82) is 0 Å². The highest BCUT2D eigenvalue weighted by atomic mass is 32.2. The fraction of sp³-hybridized carbons (Fsp3) is 0.364. The lowest BCUT2D eigenvalue weighted by molar-refractivity contribution is -0.142. The summed E-state index contributed by atoms with van der Waals surface area (Å²) in [7, 11) is -2.47. The molecule has 1 heterocycles. The van der Waals surface area contributed by atoms with Gasteiger partial charge in [-0.1, -0.05) is 18.2 Å². The van der Waals surface area contributed by atoms with Gasteiger partial charge in [-0.25, -0.2) is 0 Å². The molecule has 0 amide bonds. The van der Waals surface area contributed by atoms with Crippen LogP contribution < -0.4 is 0 Å². The highest BCUT2D eigenvalue weighted by Crippen LogP contribution is 2.38. The topological polar surface area (TPSA) is 69.7 Å². The number of halogens is 3. The zero-order valence-corrected chi connectivity index (χ0v) is 11.1. The van der Waals surface area contributed by atoms with Crippen molar-refractivity contribution in [3.05, 3.63) is 29.8 Å². The first-order chi connectivity index (χ1) is 9.27. The molecule has 0 aliphatic carbocycles. The number of fused-ring (bicyclic) bond motifs is 1. The summed E-state index contributed by atoms with van der Waals surface area (Å²) >= 11 is 0. The van der Waals surface area contributed by atoms with Crippen molar-refractivity contribution in [2.24, 2.45) is 0 Å². The minimum atomic E-state index is -3.72. The number of benzene rings is 1. The fourth-order valence-corrected chi connectivity index (χ4v) is 2.92. The first-order valence-corrected chi connectivity index (χ1v) is 6.70. The molecule has 20 heavy (non-hydrogen) atoms. The third-order valence-electron chi connectivity index (χ3n) is 2.36. The normalized spacial score (nSPS) is 18.9. The monoisotopic (exact) mass is 312 g/mol. The van der Waals surface area contributed by atoms with Crippen LogP contribution >= 0.6 is 0 Å². The van der Waals surface area contributed by atoms with Crippen molar-refractivity contribution in [3.8, 4) is 0 Å². The minimum Gasteiger partial charge on any atom is -0.469 e. The third-order valence-corrected chi connectivity index (χ3v) is 3.75. The second kappa shape index (κ2) is 6.71. The Hall–Kier alpha value is -1.61. The van der Waals surface area contributed by atoms with Gasteiger partial charge in [-0.3, -0.25) is 8.98 Å². The molecule has 9 heteroatoms. The van der Waals surface area contributed by atoms with Crippen molar-refractivity contribution in [1.82, 2.24) is 0 Å². The second-order valence-corrected chi connectivity index (χ2v) is 5.15. The molecule has 5 nitrogen and oxygen atoms in total. The Morgan fingerprint density at radius 1 is 1.35 bits per heavy atom. The van der Waals surface area contributed by atoms with Crippen LogP contribution in [0.2, 0.25) is 0 Å². The van der Waals surface area contributed by atoms with Gasteiger partial charge in [0.2, 0.25) is 0 Å². The number of ether oxygens (including phenoxy) is 1. The molecule has 1 aliphatic heterocycles. The molecular formula is C11H11F3O5S. The molecule has 112 valence electrons. The average molecular weight is 312 g/mol. The number of rotatable bonds is 2. The Balaban J connectivity index is 0.000000444. The van der Waals surface area contributed by atoms with E-state index < -0.39 is 28.9 Å². The summed E-state index contributed by atoms with van der Waals surface area (Å²) in [6, 6.07) is 6.41. The maximum atomic E-state index is 11.6. The Morgan fingerprint density at radius 3 is 2.45 bits per heavy atom. The molecule has 1 aliphatic rings. The Morgan fingerprint density at radius 2 is 1.90 bits per heavy atom. The SMILES string of the molecule is COC(=O)CC1OS(=O)(=O)c2ccccc21.FC(F)F. The second-order valence-electron chi connectivity index (χ2n) is 3.60. The van der Waals surface area contributed by atoms with E-state index in [1.807, 2.05) is 0 Å². The number of carbonyl (C=O) groups is 1. The smallest absolute Gasteiger partial charge is 0.379 e. The van der Waals surface area contributed by atoms with Gasteiger partial charge in [-0.05, 0) is 6.07 Å². The van der Waals surface area contributed by atoms with Crippen LogP contribution in [0.3, 0.4) is 0 Å². The molecule has 0 saturated heterocycles. The van der Waals surface area contributed by atoms with Crippen LogP contribution in [-0.4, -0.2) is 28.2 Å². The van der Waals surface area contributed by atoms with Crippen molar-refractivity contribution in [2.45, 2.75) is 24.1 Å². The van der Waals surface area contributed by atoms with E-state index in [0.29, 0.717) is 5.56 Å². The summed E-state index contributed by atoms with van der Waals surface area (Å²) in [4.78, 5) is 11.2. The predicted octanol–water partition coefficient (Wildman–Crippen LogP) is 2.19. The summed E-state index contributed by atoms with van der Waals surface area (Å²) < 4.78 is 61.5. The van der Waals surface area contributed by atoms with Gasteiger partial charge in [0.05, 0.1) is 18.4 Å². The van der Waals surface area contributed by atoms with E-state index in [9.17, 15) is 26.4 Å². The number of hydrogen-bond donors (Lipinski definition) is 0. The van der Waals surface area contributed by atoms with Gasteiger partial charge in [0.1, 0.15) is 6.10 Å². The number of esters is 1. The van der Waals surface area contributed by atoms with E-state index >= 15 is 0 Å². The van der Waals surface area contributed by atoms with Crippen LogP contribution in [0.25, 0.3) is 0 Å². The van der Waals surface area contributed by atoms with Crippen LogP contribution in [0.15, 0.2) is 29.2 Å². The molecule has 0 fully saturated rings. The van der Waals surface area contributed by atoms with E-state index in [-0.39, 0.29) is 11.3 Å². The molecule has 1 unspecified atom stereocenters. The summed E-state index contributed by atoms with van der Waals surface area (Å²) in [5.41, 5.74) is 0.507.